The quantitative estimate of drug-likeness (QED) is 0.500. The second kappa shape index (κ2) is 12.0. The van der Waals surface area contributed by atoms with Gasteiger partial charge in [0.05, 0.1) is 5.03 Å². The molecule has 1 atom stereocenters. The van der Waals surface area contributed by atoms with Gasteiger partial charge in [-0.1, -0.05) is 32.8 Å². The summed E-state index contributed by atoms with van der Waals surface area (Å²) in [6.07, 6.45) is 8.12. The van der Waals surface area contributed by atoms with E-state index in [-0.39, 0.29) is 0 Å². The molecule has 0 amide bonds. The summed E-state index contributed by atoms with van der Waals surface area (Å²) in [5, 5.41) is 8.09. The zero-order valence-corrected chi connectivity index (χ0v) is 20.3. The molecule has 2 aliphatic rings. The number of thiocarbonyl (C=S) groups is 1. The Morgan fingerprint density at radius 3 is 2.43 bits per heavy atom. The third-order valence-corrected chi connectivity index (χ3v) is 7.78. The number of hydrogen-bond donors (Lipinski definition) is 2. The fourth-order valence-corrected chi connectivity index (χ4v) is 5.58. The molecule has 1 aliphatic heterocycles. The Morgan fingerprint density at radius 2 is 1.80 bits per heavy atom. The third-order valence-electron chi connectivity index (χ3n) is 6.49. The molecule has 166 valence electrons. The van der Waals surface area contributed by atoms with Crippen molar-refractivity contribution in [2.75, 3.05) is 42.1 Å². The van der Waals surface area contributed by atoms with E-state index in [0.717, 1.165) is 48.6 Å². The molecule has 30 heavy (non-hydrogen) atoms. The van der Waals surface area contributed by atoms with Crippen LogP contribution in [0, 0.1) is 5.92 Å². The first-order valence-corrected chi connectivity index (χ1v) is 12.9. The Hall–Kier alpha value is -1.24. The van der Waals surface area contributed by atoms with E-state index < -0.39 is 0 Å². The van der Waals surface area contributed by atoms with Crippen LogP contribution < -0.4 is 15.5 Å². The van der Waals surface area contributed by atoms with E-state index in [0.29, 0.717) is 11.2 Å². The maximum Gasteiger partial charge on any atom is 0.175 e. The van der Waals surface area contributed by atoms with Crippen molar-refractivity contribution >= 4 is 40.5 Å². The van der Waals surface area contributed by atoms with Crippen molar-refractivity contribution in [3.8, 4) is 0 Å². The molecular formula is C24H38N4S2. The Morgan fingerprint density at radius 1 is 1.13 bits per heavy atom. The number of benzene rings is 1. The summed E-state index contributed by atoms with van der Waals surface area (Å²) in [7, 11) is 0. The van der Waals surface area contributed by atoms with Crippen molar-refractivity contribution in [1.29, 1.82) is 0 Å². The van der Waals surface area contributed by atoms with Crippen LogP contribution in [0.1, 0.15) is 52.4 Å². The monoisotopic (exact) mass is 446 g/mol. The smallest absolute Gasteiger partial charge is 0.175 e. The average Bonchev–Trinajstić information content (AvgIpc) is 2.78. The van der Waals surface area contributed by atoms with E-state index in [9.17, 15) is 0 Å². The fourth-order valence-electron chi connectivity index (χ4n) is 4.33. The highest BCUT2D eigenvalue weighted by molar-refractivity contribution is 8.03. The molecule has 1 unspecified atom stereocenters. The van der Waals surface area contributed by atoms with Gasteiger partial charge < -0.3 is 15.5 Å². The standard InChI is InChI=1S/C24H38N4S2/c1-4-19(2)27-14-16-28(17-15-27)23-12-10-22(11-13-23)26-24(29)25-20(3)30-18-21-8-6-5-7-9-21/h10-13,19,21H,3-9,14-18H2,1-2H3,(H2,25,26,29). The van der Waals surface area contributed by atoms with E-state index in [2.05, 4.69) is 65.1 Å². The van der Waals surface area contributed by atoms with Crippen molar-refractivity contribution in [3.63, 3.8) is 0 Å². The maximum atomic E-state index is 5.48. The highest BCUT2D eigenvalue weighted by Gasteiger charge is 2.20. The highest BCUT2D eigenvalue weighted by atomic mass is 32.2. The van der Waals surface area contributed by atoms with Gasteiger partial charge in [0.1, 0.15) is 0 Å². The molecular weight excluding hydrogens is 408 g/mol. The Labute approximate surface area is 192 Å². The van der Waals surface area contributed by atoms with E-state index >= 15 is 0 Å². The molecule has 6 heteroatoms. The number of thioether (sulfide) groups is 1. The molecule has 2 N–H and O–H groups in total. The summed E-state index contributed by atoms with van der Waals surface area (Å²) in [5.74, 6) is 1.98. The van der Waals surface area contributed by atoms with Gasteiger partial charge in [0.2, 0.25) is 0 Å². The normalized spacial score (nSPS) is 19.3. The van der Waals surface area contributed by atoms with Crippen LogP contribution in [-0.4, -0.2) is 48.0 Å². The molecule has 1 aromatic rings. The summed E-state index contributed by atoms with van der Waals surface area (Å²) < 4.78 is 0. The molecule has 4 nitrogen and oxygen atoms in total. The lowest BCUT2D eigenvalue weighted by Crippen LogP contribution is -2.49. The first-order chi connectivity index (χ1) is 14.5. The lowest BCUT2D eigenvalue weighted by molar-refractivity contribution is 0.193. The van der Waals surface area contributed by atoms with Crippen molar-refractivity contribution < 1.29 is 0 Å². The summed E-state index contributed by atoms with van der Waals surface area (Å²) >= 11 is 7.28. The second-order valence-electron chi connectivity index (χ2n) is 8.64. The van der Waals surface area contributed by atoms with Crippen LogP contribution in [0.5, 0.6) is 0 Å². The molecule has 0 radical (unpaired) electrons. The van der Waals surface area contributed by atoms with Gasteiger partial charge in [-0.25, -0.2) is 0 Å². The number of anilines is 2. The Bertz CT molecular complexity index is 677. The van der Waals surface area contributed by atoms with Gasteiger partial charge >= 0.3 is 0 Å². The van der Waals surface area contributed by atoms with Crippen LogP contribution in [0.15, 0.2) is 35.9 Å². The zero-order chi connectivity index (χ0) is 21.3. The van der Waals surface area contributed by atoms with Gasteiger partial charge in [-0.3, -0.25) is 4.90 Å². The minimum Gasteiger partial charge on any atom is -0.369 e. The van der Waals surface area contributed by atoms with Crippen LogP contribution in [0.2, 0.25) is 0 Å². The first kappa shape index (κ1) is 23.4. The van der Waals surface area contributed by atoms with Gasteiger partial charge in [0.25, 0.3) is 0 Å². The van der Waals surface area contributed by atoms with E-state index in [1.165, 1.54) is 44.2 Å². The lowest BCUT2D eigenvalue weighted by Gasteiger charge is -2.39. The van der Waals surface area contributed by atoms with Crippen LogP contribution >= 0.6 is 24.0 Å². The maximum absolute atomic E-state index is 5.48. The van der Waals surface area contributed by atoms with E-state index in [1.54, 1.807) is 11.8 Å². The lowest BCUT2D eigenvalue weighted by atomic mass is 9.91. The molecule has 3 rings (SSSR count). The predicted molar refractivity (Wildman–Crippen MR) is 138 cm³/mol. The Kier molecular flexibility index (Phi) is 9.34. The minimum absolute atomic E-state index is 0.617. The number of nitrogens with one attached hydrogen (secondary N) is 2. The van der Waals surface area contributed by atoms with Gasteiger partial charge in [-0.2, -0.15) is 0 Å². The van der Waals surface area contributed by atoms with Crippen LogP contribution in [-0.2, 0) is 0 Å². The summed E-state index contributed by atoms with van der Waals surface area (Å²) in [6, 6.07) is 9.29. The average molecular weight is 447 g/mol. The van der Waals surface area contributed by atoms with Crippen LogP contribution in [0.3, 0.4) is 0 Å². The van der Waals surface area contributed by atoms with Crippen molar-refractivity contribution in [1.82, 2.24) is 10.2 Å². The third kappa shape index (κ3) is 7.17. The van der Waals surface area contributed by atoms with Crippen LogP contribution in [0.25, 0.3) is 0 Å². The van der Waals surface area contributed by atoms with Gasteiger partial charge in [0.15, 0.2) is 5.11 Å². The molecule has 1 saturated carbocycles. The van der Waals surface area contributed by atoms with Gasteiger partial charge in [-0.05, 0) is 68.6 Å². The topological polar surface area (TPSA) is 30.5 Å². The fraction of sp³-hybridized carbons (Fsp3) is 0.625. The van der Waals surface area contributed by atoms with Gasteiger partial charge in [-0.15, -0.1) is 11.8 Å². The zero-order valence-electron chi connectivity index (χ0n) is 18.7. The largest absolute Gasteiger partial charge is 0.369 e. The first-order valence-electron chi connectivity index (χ1n) is 11.5. The van der Waals surface area contributed by atoms with E-state index in [1.807, 2.05) is 0 Å². The number of nitrogens with zero attached hydrogens (tertiary/aromatic N) is 2. The van der Waals surface area contributed by atoms with Crippen molar-refractivity contribution in [3.05, 3.63) is 35.9 Å². The summed E-state index contributed by atoms with van der Waals surface area (Å²) in [5.41, 5.74) is 2.30. The molecule has 0 spiro atoms. The minimum atomic E-state index is 0.617. The predicted octanol–water partition coefficient (Wildman–Crippen LogP) is 5.68. The van der Waals surface area contributed by atoms with Crippen molar-refractivity contribution in [2.24, 2.45) is 5.92 Å². The molecule has 2 fully saturated rings. The van der Waals surface area contributed by atoms with Crippen molar-refractivity contribution in [2.45, 2.75) is 58.4 Å². The van der Waals surface area contributed by atoms with Crippen LogP contribution in [0.4, 0.5) is 11.4 Å². The molecule has 1 aromatic carbocycles. The highest BCUT2D eigenvalue weighted by Crippen LogP contribution is 2.28. The Balaban J connectivity index is 1.39. The molecule has 1 saturated heterocycles. The molecule has 0 aromatic heterocycles. The van der Waals surface area contributed by atoms with E-state index in [4.69, 9.17) is 12.2 Å². The number of hydrogen-bond acceptors (Lipinski definition) is 4. The van der Waals surface area contributed by atoms with Gasteiger partial charge in [0, 0.05) is 49.3 Å². The SMILES string of the molecule is C=C(NC(=S)Nc1ccc(N2CCN(C(C)CC)CC2)cc1)SCC1CCCCC1. The molecule has 0 bridgehead atoms. The summed E-state index contributed by atoms with van der Waals surface area (Å²) in [6.45, 7) is 13.2. The molecule has 1 heterocycles. The second-order valence-corrected chi connectivity index (χ2v) is 10.2. The molecule has 1 aliphatic carbocycles. The number of piperazine rings is 1. The number of rotatable bonds is 8. The summed E-state index contributed by atoms with van der Waals surface area (Å²) in [4.78, 5) is 5.07.